The van der Waals surface area contributed by atoms with Gasteiger partial charge in [0.2, 0.25) is 5.91 Å². The number of carbonyl (C=O) groups is 1. The molecule has 0 aromatic heterocycles. The zero-order valence-corrected chi connectivity index (χ0v) is 9.65. The van der Waals surface area contributed by atoms with Gasteiger partial charge in [-0.3, -0.25) is 14.9 Å². The van der Waals surface area contributed by atoms with Crippen molar-refractivity contribution in [3.05, 3.63) is 27.6 Å². The fourth-order valence-electron chi connectivity index (χ4n) is 1.41. The number of nitrogen functional groups attached to an aromatic ring is 1. The maximum absolute atomic E-state index is 13.7. The highest BCUT2D eigenvalue weighted by Gasteiger charge is 2.23. The maximum Gasteiger partial charge on any atom is 0.297 e. The van der Waals surface area contributed by atoms with Crippen LogP contribution in [-0.4, -0.2) is 17.9 Å². The molecule has 0 aliphatic heterocycles. The zero-order valence-electron chi connectivity index (χ0n) is 9.65. The average molecular weight is 241 g/mol. The number of halogens is 1. The van der Waals surface area contributed by atoms with Gasteiger partial charge in [-0.2, -0.15) is 0 Å². The Labute approximate surface area is 97.0 Å². The molecule has 0 saturated heterocycles. The SMILES string of the molecule is CC(=O)N(C)c1cc([N+](=O)[O-])c(N)c(F)c1C. The van der Waals surface area contributed by atoms with Crippen LogP contribution >= 0.6 is 0 Å². The first-order valence-corrected chi connectivity index (χ1v) is 4.74. The lowest BCUT2D eigenvalue weighted by atomic mass is 10.1. The summed E-state index contributed by atoms with van der Waals surface area (Å²) in [6, 6.07) is 1.09. The number of anilines is 2. The van der Waals surface area contributed by atoms with Crippen LogP contribution < -0.4 is 10.6 Å². The van der Waals surface area contributed by atoms with E-state index in [4.69, 9.17) is 5.73 Å². The Kier molecular flexibility index (Phi) is 3.31. The molecule has 0 aliphatic carbocycles. The summed E-state index contributed by atoms with van der Waals surface area (Å²) < 4.78 is 13.7. The van der Waals surface area contributed by atoms with Crippen molar-refractivity contribution in [2.24, 2.45) is 0 Å². The quantitative estimate of drug-likeness (QED) is 0.484. The van der Waals surface area contributed by atoms with E-state index in [0.717, 1.165) is 11.0 Å². The lowest BCUT2D eigenvalue weighted by Gasteiger charge is -2.18. The molecule has 2 N–H and O–H groups in total. The molecule has 0 unspecified atom stereocenters. The van der Waals surface area contributed by atoms with Gasteiger partial charge in [-0.15, -0.1) is 0 Å². The summed E-state index contributed by atoms with van der Waals surface area (Å²) in [5, 5.41) is 10.7. The summed E-state index contributed by atoms with van der Waals surface area (Å²) >= 11 is 0. The molecule has 6 nitrogen and oxygen atoms in total. The third kappa shape index (κ3) is 2.17. The number of benzene rings is 1. The Balaban J connectivity index is 3.52. The summed E-state index contributed by atoms with van der Waals surface area (Å²) in [6.07, 6.45) is 0. The van der Waals surface area contributed by atoms with Crippen molar-refractivity contribution in [3.8, 4) is 0 Å². The van der Waals surface area contributed by atoms with Crippen LogP contribution in [0, 0.1) is 22.9 Å². The number of hydrogen-bond donors (Lipinski definition) is 1. The number of amides is 1. The maximum atomic E-state index is 13.7. The monoisotopic (exact) mass is 241 g/mol. The topological polar surface area (TPSA) is 89.5 Å². The first-order valence-electron chi connectivity index (χ1n) is 4.74. The average Bonchev–Trinajstić information content (AvgIpc) is 2.24. The smallest absolute Gasteiger partial charge is 0.297 e. The molecule has 1 rings (SSSR count). The van der Waals surface area contributed by atoms with Crippen LogP contribution in [0.15, 0.2) is 6.07 Å². The molecule has 0 atom stereocenters. The van der Waals surface area contributed by atoms with Gasteiger partial charge in [-0.05, 0) is 6.92 Å². The molecular formula is C10H12FN3O3. The third-order valence-electron chi connectivity index (χ3n) is 2.53. The molecule has 0 fully saturated rings. The molecule has 17 heavy (non-hydrogen) atoms. The van der Waals surface area contributed by atoms with Crippen LogP contribution in [0.5, 0.6) is 0 Å². The number of carbonyl (C=O) groups excluding carboxylic acids is 1. The summed E-state index contributed by atoms with van der Waals surface area (Å²) in [5.41, 5.74) is 4.48. The van der Waals surface area contributed by atoms with Gasteiger partial charge in [0.1, 0.15) is 5.69 Å². The molecule has 1 aromatic rings. The predicted octanol–water partition coefficient (Wildman–Crippen LogP) is 1.61. The van der Waals surface area contributed by atoms with Crippen molar-refractivity contribution in [2.45, 2.75) is 13.8 Å². The van der Waals surface area contributed by atoms with Gasteiger partial charge in [0, 0.05) is 25.6 Å². The number of nitro benzene ring substituents is 1. The molecule has 1 amide bonds. The summed E-state index contributed by atoms with van der Waals surface area (Å²) in [6.45, 7) is 2.68. The molecule has 0 saturated carbocycles. The van der Waals surface area contributed by atoms with Crippen molar-refractivity contribution >= 4 is 23.0 Å². The van der Waals surface area contributed by atoms with E-state index in [1.165, 1.54) is 20.9 Å². The molecule has 0 heterocycles. The van der Waals surface area contributed by atoms with Gasteiger partial charge < -0.3 is 10.6 Å². The second kappa shape index (κ2) is 4.36. The van der Waals surface area contributed by atoms with Crippen LogP contribution in [0.25, 0.3) is 0 Å². The Morgan fingerprint density at radius 1 is 1.59 bits per heavy atom. The van der Waals surface area contributed by atoms with Gasteiger partial charge in [-0.1, -0.05) is 0 Å². The van der Waals surface area contributed by atoms with Crippen LogP contribution in [0.3, 0.4) is 0 Å². The fraction of sp³-hybridized carbons (Fsp3) is 0.300. The minimum absolute atomic E-state index is 0.103. The van der Waals surface area contributed by atoms with Gasteiger partial charge in [-0.25, -0.2) is 4.39 Å². The van der Waals surface area contributed by atoms with Crippen LogP contribution in [0.4, 0.5) is 21.5 Å². The number of hydrogen-bond acceptors (Lipinski definition) is 4. The number of nitrogens with zero attached hydrogens (tertiary/aromatic N) is 2. The van der Waals surface area contributed by atoms with E-state index in [-0.39, 0.29) is 17.2 Å². The summed E-state index contributed by atoms with van der Waals surface area (Å²) in [5.74, 6) is -1.23. The molecule has 0 aliphatic rings. The van der Waals surface area contributed by atoms with Crippen LogP contribution in [0.2, 0.25) is 0 Å². The number of nitrogens with two attached hydrogens (primary N) is 1. The van der Waals surface area contributed by atoms with Gasteiger partial charge >= 0.3 is 0 Å². The largest absolute Gasteiger partial charge is 0.391 e. The van der Waals surface area contributed by atoms with E-state index in [1.807, 2.05) is 0 Å². The molecule has 0 spiro atoms. The van der Waals surface area contributed by atoms with E-state index in [0.29, 0.717) is 0 Å². The second-order valence-electron chi connectivity index (χ2n) is 3.60. The Morgan fingerprint density at radius 3 is 2.53 bits per heavy atom. The van der Waals surface area contributed by atoms with Crippen LogP contribution in [0.1, 0.15) is 12.5 Å². The molecular weight excluding hydrogens is 229 g/mol. The molecule has 0 radical (unpaired) electrons. The molecule has 0 bridgehead atoms. The van der Waals surface area contributed by atoms with E-state index in [2.05, 4.69) is 0 Å². The molecule has 92 valence electrons. The zero-order chi connectivity index (χ0) is 13.3. The van der Waals surface area contributed by atoms with Crippen molar-refractivity contribution in [3.63, 3.8) is 0 Å². The summed E-state index contributed by atoms with van der Waals surface area (Å²) in [7, 11) is 1.41. The van der Waals surface area contributed by atoms with E-state index in [9.17, 15) is 19.3 Å². The number of rotatable bonds is 2. The van der Waals surface area contributed by atoms with Gasteiger partial charge in [0.25, 0.3) is 5.69 Å². The van der Waals surface area contributed by atoms with Crippen molar-refractivity contribution in [2.75, 3.05) is 17.7 Å². The standard InChI is InChI=1S/C10H12FN3O3/c1-5-7(13(3)6(2)15)4-8(14(16)17)10(12)9(5)11/h4H,12H2,1-3H3. The van der Waals surface area contributed by atoms with Crippen molar-refractivity contribution < 1.29 is 14.1 Å². The van der Waals surface area contributed by atoms with Gasteiger partial charge in [0.05, 0.1) is 10.6 Å². The predicted molar refractivity (Wildman–Crippen MR) is 61.3 cm³/mol. The summed E-state index contributed by atoms with van der Waals surface area (Å²) in [4.78, 5) is 22.2. The van der Waals surface area contributed by atoms with E-state index >= 15 is 0 Å². The lowest BCUT2D eigenvalue weighted by Crippen LogP contribution is -2.24. The van der Waals surface area contributed by atoms with E-state index in [1.54, 1.807) is 0 Å². The molecule has 1 aromatic carbocycles. The lowest BCUT2D eigenvalue weighted by molar-refractivity contribution is -0.384. The Hall–Kier alpha value is -2.18. The normalized spacial score (nSPS) is 10.1. The fourth-order valence-corrected chi connectivity index (χ4v) is 1.41. The second-order valence-corrected chi connectivity index (χ2v) is 3.60. The van der Waals surface area contributed by atoms with Gasteiger partial charge in [0.15, 0.2) is 5.82 Å². The Bertz CT molecular complexity index is 502. The first-order chi connectivity index (χ1) is 7.77. The highest BCUT2D eigenvalue weighted by molar-refractivity contribution is 5.93. The third-order valence-corrected chi connectivity index (χ3v) is 2.53. The first kappa shape index (κ1) is 12.9. The highest BCUT2D eigenvalue weighted by atomic mass is 19.1. The Morgan fingerprint density at radius 2 is 2.12 bits per heavy atom. The number of nitro groups is 1. The highest BCUT2D eigenvalue weighted by Crippen LogP contribution is 2.34. The molecule has 7 heteroatoms. The van der Waals surface area contributed by atoms with Crippen molar-refractivity contribution in [1.82, 2.24) is 0 Å². The van der Waals surface area contributed by atoms with E-state index < -0.39 is 22.1 Å². The minimum Gasteiger partial charge on any atom is -0.391 e. The van der Waals surface area contributed by atoms with Crippen LogP contribution in [-0.2, 0) is 4.79 Å². The minimum atomic E-state index is -0.873. The van der Waals surface area contributed by atoms with Crippen molar-refractivity contribution in [1.29, 1.82) is 0 Å².